The summed E-state index contributed by atoms with van der Waals surface area (Å²) in [5, 5.41) is 20.9. The van der Waals surface area contributed by atoms with Crippen LogP contribution >= 0.6 is 0 Å². The molecule has 5 rings (SSSR count). The summed E-state index contributed by atoms with van der Waals surface area (Å²) >= 11 is 0. The highest BCUT2D eigenvalue weighted by Crippen LogP contribution is 2.41. The Hall–Kier alpha value is -2.81. The quantitative estimate of drug-likeness (QED) is 0.489. The van der Waals surface area contributed by atoms with E-state index in [0.29, 0.717) is 36.9 Å². The van der Waals surface area contributed by atoms with E-state index in [2.05, 4.69) is 36.3 Å². The van der Waals surface area contributed by atoms with E-state index in [0.717, 1.165) is 28.1 Å². The molecule has 0 atom stereocenters. The number of allylic oxidation sites excluding steroid dienone is 6. The zero-order valence-corrected chi connectivity index (χ0v) is 23.3. The first-order chi connectivity index (χ1) is 17.5. The number of anilines is 1. The van der Waals surface area contributed by atoms with Crippen molar-refractivity contribution in [2.24, 2.45) is 10.4 Å². The summed E-state index contributed by atoms with van der Waals surface area (Å²) in [6.07, 6.45) is 7.55. The van der Waals surface area contributed by atoms with Gasteiger partial charge in [-0.15, -0.1) is 5.10 Å². The molecule has 7 nitrogen and oxygen atoms in total. The fourth-order valence-corrected chi connectivity index (χ4v) is 4.51. The van der Waals surface area contributed by atoms with E-state index < -0.39 is 5.92 Å². The molecule has 204 valence electrons. The van der Waals surface area contributed by atoms with E-state index in [1.807, 2.05) is 52.8 Å². The van der Waals surface area contributed by atoms with Gasteiger partial charge < -0.3 is 19.7 Å². The molecule has 1 aromatic rings. The van der Waals surface area contributed by atoms with E-state index in [1.165, 1.54) is 0 Å². The van der Waals surface area contributed by atoms with Crippen LogP contribution in [-0.4, -0.2) is 57.1 Å². The molecular formula is C28H41F2N5O2. The number of halogens is 2. The maximum atomic E-state index is 13.6. The summed E-state index contributed by atoms with van der Waals surface area (Å²) in [4.78, 5) is 6.66. The number of aromatic nitrogens is 2. The Bertz CT molecular complexity index is 1120. The second-order valence-electron chi connectivity index (χ2n) is 10.4. The summed E-state index contributed by atoms with van der Waals surface area (Å²) in [5.74, 6) is -2.32. The molecule has 0 radical (unpaired) electrons. The van der Waals surface area contributed by atoms with Crippen molar-refractivity contribution in [1.29, 1.82) is 0 Å². The highest BCUT2D eigenvalue weighted by atomic mass is 19.3. The molecule has 3 heterocycles. The molecule has 9 heteroatoms. The number of fused-ring (bicyclic) bond motifs is 2. The van der Waals surface area contributed by atoms with Gasteiger partial charge in [0.2, 0.25) is 0 Å². The minimum Gasteiger partial charge on any atom is -0.402 e. The van der Waals surface area contributed by atoms with E-state index in [9.17, 15) is 13.9 Å². The highest BCUT2D eigenvalue weighted by Gasteiger charge is 2.45. The van der Waals surface area contributed by atoms with Crippen LogP contribution in [0.25, 0.3) is 0 Å². The van der Waals surface area contributed by atoms with Gasteiger partial charge in [-0.2, -0.15) is 0 Å². The third-order valence-electron chi connectivity index (χ3n) is 6.50. The summed E-state index contributed by atoms with van der Waals surface area (Å²) in [7, 11) is 0. The van der Waals surface area contributed by atoms with Gasteiger partial charge in [0.05, 0.1) is 19.2 Å². The number of aliphatic imine (C=N–C) groups is 1. The Balaban J connectivity index is 0.000000907. The number of hydrogen-bond donors (Lipinski definition) is 2. The van der Waals surface area contributed by atoms with Gasteiger partial charge >= 0.3 is 6.01 Å². The predicted molar refractivity (Wildman–Crippen MR) is 144 cm³/mol. The van der Waals surface area contributed by atoms with Crippen molar-refractivity contribution in [3.63, 3.8) is 0 Å². The van der Waals surface area contributed by atoms with Gasteiger partial charge in [0.1, 0.15) is 5.71 Å². The third-order valence-corrected chi connectivity index (χ3v) is 6.50. The lowest BCUT2D eigenvalue weighted by molar-refractivity contribution is -0.114. The molecule has 1 saturated heterocycles. The van der Waals surface area contributed by atoms with Gasteiger partial charge in [0.15, 0.2) is 0 Å². The van der Waals surface area contributed by atoms with Crippen LogP contribution in [0.15, 0.2) is 55.8 Å². The van der Waals surface area contributed by atoms with Crippen LogP contribution in [0.5, 0.6) is 0 Å². The van der Waals surface area contributed by atoms with Crippen molar-refractivity contribution >= 4 is 11.7 Å². The standard InChI is InChI=1S/C24H29F2N5O2.2C2H6/c1-13-5-20(21-29-30-22(33-21)27-15-8-17(32)9-15)28-19-7-14(13)6-16(10-18(19)23(2,3)4)31-11-24(25,26)12-31;2*1-2/h5-6,10,15,17,32H,7-9,11-12H2,1-4H3,(H,27,30);2*1-2H3. The maximum absolute atomic E-state index is 13.6. The molecule has 2 aliphatic heterocycles. The number of alkyl halides is 2. The molecule has 2 bridgehead atoms. The summed E-state index contributed by atoms with van der Waals surface area (Å²) in [6.45, 7) is 15.8. The van der Waals surface area contributed by atoms with Crippen molar-refractivity contribution < 1.29 is 18.3 Å². The number of rotatable bonds is 4. The van der Waals surface area contributed by atoms with Crippen molar-refractivity contribution in [2.45, 2.75) is 92.7 Å². The summed E-state index contributed by atoms with van der Waals surface area (Å²) in [6, 6.07) is 0.437. The minimum atomic E-state index is -2.63. The first-order valence-corrected chi connectivity index (χ1v) is 13.3. The highest BCUT2D eigenvalue weighted by molar-refractivity contribution is 6.07. The Morgan fingerprint density at radius 3 is 2.27 bits per heavy atom. The third kappa shape index (κ3) is 6.55. The first-order valence-electron chi connectivity index (χ1n) is 13.3. The van der Waals surface area contributed by atoms with Crippen LogP contribution in [-0.2, 0) is 0 Å². The zero-order chi connectivity index (χ0) is 27.5. The number of likely N-dealkylation sites (tertiary alicyclic amines) is 1. The Morgan fingerprint density at radius 1 is 1.05 bits per heavy atom. The lowest BCUT2D eigenvalue weighted by atomic mass is 9.84. The van der Waals surface area contributed by atoms with Gasteiger partial charge in [0.25, 0.3) is 11.8 Å². The summed E-state index contributed by atoms with van der Waals surface area (Å²) < 4.78 is 33.0. The predicted octanol–water partition coefficient (Wildman–Crippen LogP) is 6.27. The second-order valence-corrected chi connectivity index (χ2v) is 10.4. The monoisotopic (exact) mass is 517 g/mol. The fourth-order valence-electron chi connectivity index (χ4n) is 4.51. The van der Waals surface area contributed by atoms with Crippen LogP contribution in [0.2, 0.25) is 0 Å². The molecule has 4 aliphatic rings. The largest absolute Gasteiger partial charge is 0.402 e. The smallest absolute Gasteiger partial charge is 0.316 e. The molecule has 2 N–H and O–H groups in total. The van der Waals surface area contributed by atoms with Gasteiger partial charge in [-0.05, 0) is 60.1 Å². The molecule has 0 aromatic carbocycles. The molecule has 0 unspecified atom stereocenters. The molecular weight excluding hydrogens is 476 g/mol. The second kappa shape index (κ2) is 11.3. The fraction of sp³-hybridized carbons (Fsp3) is 0.607. The molecule has 1 aromatic heterocycles. The molecule has 2 aliphatic carbocycles. The van der Waals surface area contributed by atoms with Crippen LogP contribution in [0.3, 0.4) is 0 Å². The number of nitrogens with one attached hydrogen (secondary N) is 1. The SMILES string of the molecule is CC.CC.CC1=CC(c2nnc(NC3CC(O)C3)o2)=NC2=C(C(C)(C)C)C=C(N3CC(F)(F)C3)C=C1C2. The zero-order valence-electron chi connectivity index (χ0n) is 23.3. The molecule has 2 fully saturated rings. The Labute approximate surface area is 219 Å². The van der Waals surface area contributed by atoms with Crippen molar-refractivity contribution in [3.05, 3.63) is 52.2 Å². The van der Waals surface area contributed by atoms with E-state index in [-0.39, 0.29) is 30.7 Å². The van der Waals surface area contributed by atoms with Crippen LogP contribution in [0, 0.1) is 5.41 Å². The van der Waals surface area contributed by atoms with Crippen LogP contribution in [0.4, 0.5) is 14.8 Å². The van der Waals surface area contributed by atoms with E-state index in [4.69, 9.17) is 9.41 Å². The summed E-state index contributed by atoms with van der Waals surface area (Å²) in [5.41, 5.74) is 5.02. The molecule has 0 amide bonds. The first kappa shape index (κ1) is 28.8. The normalized spacial score (nSPS) is 24.2. The average Bonchev–Trinajstić information content (AvgIpc) is 3.10. The van der Waals surface area contributed by atoms with E-state index in [1.54, 1.807) is 4.90 Å². The number of hydrogen-bond acceptors (Lipinski definition) is 7. The Morgan fingerprint density at radius 2 is 1.70 bits per heavy atom. The Kier molecular flexibility index (Phi) is 8.78. The van der Waals surface area contributed by atoms with Crippen molar-refractivity contribution in [3.8, 4) is 0 Å². The minimum absolute atomic E-state index is 0.127. The average molecular weight is 518 g/mol. The van der Waals surface area contributed by atoms with Gasteiger partial charge in [0, 0.05) is 23.9 Å². The lowest BCUT2D eigenvalue weighted by Crippen LogP contribution is -2.55. The topological polar surface area (TPSA) is 86.8 Å². The maximum Gasteiger partial charge on any atom is 0.316 e. The van der Waals surface area contributed by atoms with Gasteiger partial charge in [-0.1, -0.05) is 53.6 Å². The van der Waals surface area contributed by atoms with Crippen molar-refractivity contribution in [1.82, 2.24) is 15.1 Å². The molecule has 0 spiro atoms. The lowest BCUT2D eigenvalue weighted by Gasteiger charge is -2.41. The molecule has 37 heavy (non-hydrogen) atoms. The van der Waals surface area contributed by atoms with Crippen molar-refractivity contribution in [2.75, 3.05) is 18.4 Å². The molecule has 1 saturated carbocycles. The van der Waals surface area contributed by atoms with Gasteiger partial charge in [-0.3, -0.25) is 0 Å². The van der Waals surface area contributed by atoms with E-state index >= 15 is 0 Å². The number of aliphatic hydroxyl groups is 1. The van der Waals surface area contributed by atoms with Crippen LogP contribution < -0.4 is 5.32 Å². The van der Waals surface area contributed by atoms with Gasteiger partial charge in [-0.25, -0.2) is 13.8 Å². The van der Waals surface area contributed by atoms with Crippen LogP contribution in [0.1, 0.15) is 80.5 Å². The number of aliphatic hydroxyl groups excluding tert-OH is 1. The number of nitrogens with zero attached hydrogens (tertiary/aromatic N) is 4.